The number of hydrogen-bond acceptors (Lipinski definition) is 1. The molecule has 0 aromatic carbocycles. The van der Waals surface area contributed by atoms with E-state index in [1.807, 2.05) is 26.8 Å². The summed E-state index contributed by atoms with van der Waals surface area (Å²) in [7, 11) is 0. The third-order valence-electron chi connectivity index (χ3n) is 2.54. The summed E-state index contributed by atoms with van der Waals surface area (Å²) in [5.41, 5.74) is 1.49. The molecule has 0 aromatic heterocycles. The predicted octanol–water partition coefficient (Wildman–Crippen LogP) is 3.45. The van der Waals surface area contributed by atoms with Crippen molar-refractivity contribution >= 4 is 0 Å². The zero-order chi connectivity index (χ0) is 11.2. The first-order chi connectivity index (χ1) is 6.65. The highest BCUT2D eigenvalue weighted by Gasteiger charge is 2.47. The van der Waals surface area contributed by atoms with Gasteiger partial charge in [-0.2, -0.15) is 0 Å². The lowest BCUT2D eigenvalue weighted by Gasteiger charge is -2.08. The molecule has 0 spiro atoms. The summed E-state index contributed by atoms with van der Waals surface area (Å²) in [5, 5.41) is 3.41. The van der Waals surface area contributed by atoms with Crippen molar-refractivity contribution < 1.29 is 0 Å². The minimum atomic E-state index is 0.181. The molecule has 1 N–H and O–H groups in total. The summed E-state index contributed by atoms with van der Waals surface area (Å²) in [6.07, 6.45) is 8.11. The summed E-state index contributed by atoms with van der Waals surface area (Å²) in [5.74, 6) is 0. The van der Waals surface area contributed by atoms with Gasteiger partial charge in [0.25, 0.3) is 0 Å². The van der Waals surface area contributed by atoms with Gasteiger partial charge in [0, 0.05) is 6.04 Å². The molecule has 80 valence electrons. The lowest BCUT2D eigenvalue weighted by atomic mass is 9.96. The molecule has 1 aliphatic heterocycles. The average Bonchev–Trinajstić information content (AvgIpc) is 2.79. The minimum absolute atomic E-state index is 0.181. The Morgan fingerprint density at radius 1 is 1.43 bits per heavy atom. The second kappa shape index (κ2) is 5.82. The number of allylic oxidation sites excluding steroid dienone is 3. The van der Waals surface area contributed by atoms with Crippen molar-refractivity contribution in [1.29, 1.82) is 0 Å². The third kappa shape index (κ3) is 2.85. The smallest absolute Gasteiger partial charge is 0.0561 e. The summed E-state index contributed by atoms with van der Waals surface area (Å²) in [4.78, 5) is 0. The van der Waals surface area contributed by atoms with Crippen molar-refractivity contribution in [1.82, 2.24) is 5.32 Å². The predicted molar refractivity (Wildman–Crippen MR) is 65.4 cm³/mol. The Morgan fingerprint density at radius 3 is 2.21 bits per heavy atom. The Labute approximate surface area is 88.6 Å². The lowest BCUT2D eigenvalue weighted by molar-refractivity contribution is 0.810. The van der Waals surface area contributed by atoms with Gasteiger partial charge in [0.05, 0.1) is 5.54 Å². The van der Waals surface area contributed by atoms with Gasteiger partial charge in [0.1, 0.15) is 0 Å². The number of hydrogen-bond donors (Lipinski definition) is 1. The maximum atomic E-state index is 3.71. The van der Waals surface area contributed by atoms with E-state index in [9.17, 15) is 0 Å². The molecule has 1 saturated heterocycles. The molecular weight excluding hydrogens is 170 g/mol. The van der Waals surface area contributed by atoms with Crippen molar-refractivity contribution in [3.63, 3.8) is 0 Å². The zero-order valence-corrected chi connectivity index (χ0v) is 10.1. The molecule has 2 unspecified atom stereocenters. The topological polar surface area (TPSA) is 21.9 Å². The Bertz CT molecular complexity index is 238. The van der Waals surface area contributed by atoms with E-state index in [4.69, 9.17) is 0 Å². The minimum Gasteiger partial charge on any atom is -0.302 e. The largest absolute Gasteiger partial charge is 0.302 e. The van der Waals surface area contributed by atoms with Crippen LogP contribution in [-0.2, 0) is 0 Å². The van der Waals surface area contributed by atoms with E-state index in [0.717, 1.165) is 0 Å². The maximum Gasteiger partial charge on any atom is 0.0561 e. The van der Waals surface area contributed by atoms with E-state index >= 15 is 0 Å². The van der Waals surface area contributed by atoms with Crippen LogP contribution in [0.5, 0.6) is 0 Å². The Morgan fingerprint density at radius 2 is 1.93 bits per heavy atom. The van der Waals surface area contributed by atoms with Crippen LogP contribution in [0.3, 0.4) is 0 Å². The Hall–Kier alpha value is -0.820. The van der Waals surface area contributed by atoms with Crippen LogP contribution in [-0.4, -0.2) is 11.6 Å². The highest BCUT2D eigenvalue weighted by atomic mass is 15.2. The van der Waals surface area contributed by atoms with Gasteiger partial charge in [-0.15, -0.1) is 0 Å². The fourth-order valence-electron chi connectivity index (χ4n) is 1.45. The summed E-state index contributed by atoms with van der Waals surface area (Å²) >= 11 is 0. The fourth-order valence-corrected chi connectivity index (χ4v) is 1.45. The molecule has 0 aromatic rings. The van der Waals surface area contributed by atoms with E-state index in [-0.39, 0.29) is 5.54 Å². The molecule has 1 fully saturated rings. The summed E-state index contributed by atoms with van der Waals surface area (Å²) in [6, 6.07) is 0.583. The first-order valence-electron chi connectivity index (χ1n) is 5.38. The number of rotatable bonds is 3. The fraction of sp³-hybridized carbons (Fsp3) is 0.538. The zero-order valence-electron chi connectivity index (χ0n) is 10.1. The van der Waals surface area contributed by atoms with Gasteiger partial charge in [-0.3, -0.25) is 0 Å². The van der Waals surface area contributed by atoms with Crippen LogP contribution >= 0.6 is 0 Å². The van der Waals surface area contributed by atoms with Crippen LogP contribution in [0.2, 0.25) is 0 Å². The Balaban J connectivity index is 0.000000791. The molecule has 1 heteroatoms. The average molecular weight is 193 g/mol. The molecule has 0 radical (unpaired) electrons. The molecule has 0 aliphatic carbocycles. The van der Waals surface area contributed by atoms with Crippen molar-refractivity contribution in [2.75, 3.05) is 0 Å². The molecule has 1 nitrogen and oxygen atoms in total. The van der Waals surface area contributed by atoms with Gasteiger partial charge in [0.15, 0.2) is 0 Å². The van der Waals surface area contributed by atoms with E-state index in [2.05, 4.69) is 44.0 Å². The SMILES string of the molecule is C=C/C=C(\C=C/C)C1(C)NC1C.CC. The third-order valence-corrected chi connectivity index (χ3v) is 2.54. The summed E-state index contributed by atoms with van der Waals surface area (Å²) in [6.45, 7) is 14.2. The van der Waals surface area contributed by atoms with E-state index in [1.165, 1.54) is 5.57 Å². The van der Waals surface area contributed by atoms with E-state index in [0.29, 0.717) is 6.04 Å². The molecule has 0 bridgehead atoms. The molecule has 1 rings (SSSR count). The molecule has 14 heavy (non-hydrogen) atoms. The second-order valence-corrected chi connectivity index (χ2v) is 3.43. The first-order valence-corrected chi connectivity index (χ1v) is 5.38. The van der Waals surface area contributed by atoms with Gasteiger partial charge < -0.3 is 5.32 Å². The van der Waals surface area contributed by atoms with Gasteiger partial charge >= 0.3 is 0 Å². The number of nitrogens with one attached hydrogen (secondary N) is 1. The van der Waals surface area contributed by atoms with Crippen molar-refractivity contribution in [3.05, 3.63) is 36.5 Å². The molecule has 1 heterocycles. The van der Waals surface area contributed by atoms with Crippen LogP contribution in [0.25, 0.3) is 0 Å². The Kier molecular flexibility index (Phi) is 5.47. The normalized spacial score (nSPS) is 30.9. The van der Waals surface area contributed by atoms with E-state index in [1.54, 1.807) is 0 Å². The van der Waals surface area contributed by atoms with Crippen LogP contribution in [0, 0.1) is 0 Å². The van der Waals surface area contributed by atoms with Gasteiger partial charge in [-0.25, -0.2) is 0 Å². The van der Waals surface area contributed by atoms with Gasteiger partial charge in [-0.1, -0.05) is 44.7 Å². The maximum absolute atomic E-state index is 3.71. The van der Waals surface area contributed by atoms with Crippen molar-refractivity contribution in [2.45, 2.75) is 46.2 Å². The van der Waals surface area contributed by atoms with Crippen LogP contribution in [0.4, 0.5) is 0 Å². The quantitative estimate of drug-likeness (QED) is 0.538. The van der Waals surface area contributed by atoms with Crippen molar-refractivity contribution in [2.24, 2.45) is 0 Å². The molecule has 1 aliphatic rings. The van der Waals surface area contributed by atoms with Crippen LogP contribution in [0.1, 0.15) is 34.6 Å². The van der Waals surface area contributed by atoms with Crippen LogP contribution < -0.4 is 5.32 Å². The monoisotopic (exact) mass is 193 g/mol. The molecule has 0 amide bonds. The molecular formula is C13H23N. The molecule has 2 atom stereocenters. The molecule has 0 saturated carbocycles. The first kappa shape index (κ1) is 13.2. The highest BCUT2D eigenvalue weighted by Crippen LogP contribution is 2.34. The van der Waals surface area contributed by atoms with Crippen LogP contribution in [0.15, 0.2) is 36.5 Å². The lowest BCUT2D eigenvalue weighted by Crippen LogP contribution is -2.13. The summed E-state index contributed by atoms with van der Waals surface area (Å²) < 4.78 is 0. The van der Waals surface area contributed by atoms with Crippen molar-refractivity contribution in [3.8, 4) is 0 Å². The van der Waals surface area contributed by atoms with Gasteiger partial charge in [-0.05, 0) is 26.3 Å². The highest BCUT2D eigenvalue weighted by molar-refractivity contribution is 5.41. The van der Waals surface area contributed by atoms with Gasteiger partial charge in [0.2, 0.25) is 0 Å². The standard InChI is InChI=1S/C11H17N.C2H6/c1-5-7-10(8-6-2)11(4)9(3)12-11;1-2/h5-9,12H,1H2,2-4H3;1-2H3/b8-6-,10-7+;. The second-order valence-electron chi connectivity index (χ2n) is 3.43. The van der Waals surface area contributed by atoms with E-state index < -0.39 is 0 Å².